The maximum Gasteiger partial charge on any atom is 0.0979 e. The number of nitrogens with zero attached hydrogens (tertiary/aromatic N) is 1. The Kier molecular flexibility index (Phi) is 3.27. The number of aromatic nitrogens is 1. The highest BCUT2D eigenvalue weighted by Crippen LogP contribution is 2.29. The second kappa shape index (κ2) is 4.88. The summed E-state index contributed by atoms with van der Waals surface area (Å²) in [5.41, 5.74) is 2.61. The summed E-state index contributed by atoms with van der Waals surface area (Å²) in [6.45, 7) is 2.10. The van der Waals surface area contributed by atoms with Crippen LogP contribution < -0.4 is 5.32 Å². The molecule has 0 fully saturated rings. The van der Waals surface area contributed by atoms with E-state index in [1.807, 2.05) is 0 Å². The number of para-hydroxylation sites is 1. The van der Waals surface area contributed by atoms with Crippen LogP contribution >= 0.6 is 27.3 Å². The van der Waals surface area contributed by atoms with Crippen molar-refractivity contribution >= 4 is 37.5 Å². The van der Waals surface area contributed by atoms with Crippen LogP contribution in [0.4, 0.5) is 0 Å². The number of thiazole rings is 1. The Balaban J connectivity index is 1.90. The summed E-state index contributed by atoms with van der Waals surface area (Å²) in [6, 6.07) is 6.26. The molecule has 1 aromatic heterocycles. The maximum atomic E-state index is 4.72. The minimum Gasteiger partial charge on any atom is -0.313 e. The van der Waals surface area contributed by atoms with Crippen LogP contribution in [-0.4, -0.2) is 18.1 Å². The monoisotopic (exact) mass is 308 g/mol. The molecule has 0 saturated carbocycles. The molecule has 3 rings (SSSR count). The van der Waals surface area contributed by atoms with Crippen molar-refractivity contribution in [3.63, 3.8) is 0 Å². The van der Waals surface area contributed by atoms with Gasteiger partial charge in [0.2, 0.25) is 0 Å². The van der Waals surface area contributed by atoms with Gasteiger partial charge in [-0.05, 0) is 41.0 Å². The molecule has 0 spiro atoms. The van der Waals surface area contributed by atoms with Gasteiger partial charge >= 0.3 is 0 Å². The lowest BCUT2D eigenvalue weighted by Crippen LogP contribution is -2.21. The fourth-order valence-electron chi connectivity index (χ4n) is 2.06. The molecular formula is C13H13BrN2S. The van der Waals surface area contributed by atoms with Gasteiger partial charge in [0, 0.05) is 17.4 Å². The third kappa shape index (κ3) is 2.44. The second-order valence-electron chi connectivity index (χ2n) is 4.19. The number of hydrogen-bond acceptors (Lipinski definition) is 3. The van der Waals surface area contributed by atoms with Crippen LogP contribution in [0.1, 0.15) is 11.4 Å². The van der Waals surface area contributed by atoms with Crippen molar-refractivity contribution < 1.29 is 0 Å². The van der Waals surface area contributed by atoms with E-state index in [2.05, 4.69) is 45.5 Å². The first-order chi connectivity index (χ1) is 8.33. The SMILES string of the molecule is Brc1cccc2sc(CC3=CCNCC3)nc12. The van der Waals surface area contributed by atoms with Crippen LogP contribution in [0.15, 0.2) is 34.3 Å². The number of fused-ring (bicyclic) bond motifs is 1. The van der Waals surface area contributed by atoms with Crippen LogP contribution in [0.2, 0.25) is 0 Å². The molecule has 2 nitrogen and oxygen atoms in total. The molecule has 17 heavy (non-hydrogen) atoms. The summed E-state index contributed by atoms with van der Waals surface area (Å²) in [7, 11) is 0. The highest BCUT2D eigenvalue weighted by atomic mass is 79.9. The lowest BCUT2D eigenvalue weighted by Gasteiger charge is -2.12. The Morgan fingerprint density at radius 1 is 1.41 bits per heavy atom. The largest absolute Gasteiger partial charge is 0.313 e. The Bertz CT molecular complexity index is 574. The summed E-state index contributed by atoms with van der Waals surface area (Å²) in [5, 5.41) is 4.56. The van der Waals surface area contributed by atoms with Gasteiger partial charge in [0.1, 0.15) is 0 Å². The van der Waals surface area contributed by atoms with Crippen LogP contribution in [0.25, 0.3) is 10.2 Å². The van der Waals surface area contributed by atoms with Crippen molar-refractivity contribution in [3.05, 3.63) is 39.3 Å². The van der Waals surface area contributed by atoms with Gasteiger partial charge in [-0.25, -0.2) is 4.98 Å². The Morgan fingerprint density at radius 3 is 3.12 bits per heavy atom. The summed E-state index contributed by atoms with van der Waals surface area (Å²) >= 11 is 5.36. The van der Waals surface area contributed by atoms with Crippen molar-refractivity contribution in [1.82, 2.24) is 10.3 Å². The van der Waals surface area contributed by atoms with E-state index in [9.17, 15) is 0 Å². The van der Waals surface area contributed by atoms with Crippen molar-refractivity contribution in [3.8, 4) is 0 Å². The molecule has 0 amide bonds. The number of hydrogen-bond donors (Lipinski definition) is 1. The first-order valence-corrected chi connectivity index (χ1v) is 7.36. The van der Waals surface area contributed by atoms with Gasteiger partial charge in [-0.3, -0.25) is 0 Å². The average Bonchev–Trinajstić information content (AvgIpc) is 2.74. The Hall–Kier alpha value is -0.710. The summed E-state index contributed by atoms with van der Waals surface area (Å²) in [5.74, 6) is 0. The molecule has 2 heterocycles. The third-order valence-electron chi connectivity index (χ3n) is 2.95. The molecule has 2 aromatic rings. The van der Waals surface area contributed by atoms with E-state index in [0.717, 1.165) is 35.9 Å². The van der Waals surface area contributed by atoms with Crippen molar-refractivity contribution in [2.75, 3.05) is 13.1 Å². The molecule has 88 valence electrons. The highest BCUT2D eigenvalue weighted by Gasteiger charge is 2.09. The second-order valence-corrected chi connectivity index (χ2v) is 6.16. The van der Waals surface area contributed by atoms with Crippen molar-refractivity contribution in [2.24, 2.45) is 0 Å². The first kappa shape index (κ1) is 11.4. The summed E-state index contributed by atoms with van der Waals surface area (Å²) in [6.07, 6.45) is 4.45. The standard InChI is InChI=1S/C13H13BrN2S/c14-10-2-1-3-11-13(10)16-12(17-11)8-9-4-6-15-7-5-9/h1-4,15H,5-8H2. The zero-order chi connectivity index (χ0) is 11.7. The predicted octanol–water partition coefficient (Wildman–Crippen LogP) is 3.52. The van der Waals surface area contributed by atoms with E-state index < -0.39 is 0 Å². The fraction of sp³-hybridized carbons (Fsp3) is 0.308. The van der Waals surface area contributed by atoms with Gasteiger partial charge in [-0.2, -0.15) is 0 Å². The van der Waals surface area contributed by atoms with Gasteiger partial charge < -0.3 is 5.32 Å². The van der Waals surface area contributed by atoms with Crippen LogP contribution in [0.5, 0.6) is 0 Å². The van der Waals surface area contributed by atoms with Crippen molar-refractivity contribution in [2.45, 2.75) is 12.8 Å². The molecule has 0 bridgehead atoms. The number of nitrogens with one attached hydrogen (secondary N) is 1. The molecule has 0 saturated heterocycles. The van der Waals surface area contributed by atoms with Crippen LogP contribution in [0.3, 0.4) is 0 Å². The van der Waals surface area contributed by atoms with Gasteiger partial charge in [0.25, 0.3) is 0 Å². The lowest BCUT2D eigenvalue weighted by atomic mass is 10.1. The molecule has 1 N–H and O–H groups in total. The Labute approximate surface area is 113 Å². The van der Waals surface area contributed by atoms with E-state index in [4.69, 9.17) is 4.98 Å². The molecule has 1 aliphatic rings. The molecule has 0 aliphatic carbocycles. The van der Waals surface area contributed by atoms with Gasteiger partial charge in [0.05, 0.1) is 15.2 Å². The molecular weight excluding hydrogens is 296 g/mol. The summed E-state index contributed by atoms with van der Waals surface area (Å²) < 4.78 is 2.36. The normalized spacial score (nSPS) is 16.2. The average molecular weight is 309 g/mol. The molecule has 1 aliphatic heterocycles. The molecule has 4 heteroatoms. The zero-order valence-corrected chi connectivity index (χ0v) is 11.8. The Morgan fingerprint density at radius 2 is 2.35 bits per heavy atom. The molecule has 0 atom stereocenters. The topological polar surface area (TPSA) is 24.9 Å². The van der Waals surface area contributed by atoms with E-state index in [-0.39, 0.29) is 0 Å². The van der Waals surface area contributed by atoms with Crippen LogP contribution in [-0.2, 0) is 6.42 Å². The molecule has 0 radical (unpaired) electrons. The van der Waals surface area contributed by atoms with E-state index >= 15 is 0 Å². The smallest absolute Gasteiger partial charge is 0.0979 e. The first-order valence-electron chi connectivity index (χ1n) is 5.75. The van der Waals surface area contributed by atoms with Gasteiger partial charge in [-0.15, -0.1) is 11.3 Å². The predicted molar refractivity (Wildman–Crippen MR) is 76.6 cm³/mol. The molecule has 1 aromatic carbocycles. The number of halogens is 1. The van der Waals surface area contributed by atoms with E-state index in [1.54, 1.807) is 11.3 Å². The fourth-order valence-corrected chi connectivity index (χ4v) is 3.69. The van der Waals surface area contributed by atoms with Crippen LogP contribution in [0, 0.1) is 0 Å². The van der Waals surface area contributed by atoms with E-state index in [1.165, 1.54) is 15.3 Å². The number of benzene rings is 1. The minimum atomic E-state index is 1.00. The molecule has 0 unspecified atom stereocenters. The number of rotatable bonds is 2. The quantitative estimate of drug-likeness (QED) is 0.859. The summed E-state index contributed by atoms with van der Waals surface area (Å²) in [4.78, 5) is 4.72. The van der Waals surface area contributed by atoms with Crippen molar-refractivity contribution in [1.29, 1.82) is 0 Å². The van der Waals surface area contributed by atoms with Gasteiger partial charge in [0.15, 0.2) is 0 Å². The zero-order valence-electron chi connectivity index (χ0n) is 9.37. The lowest BCUT2D eigenvalue weighted by molar-refractivity contribution is 0.691. The van der Waals surface area contributed by atoms with E-state index in [0.29, 0.717) is 0 Å². The highest BCUT2D eigenvalue weighted by molar-refractivity contribution is 9.10. The minimum absolute atomic E-state index is 1.00. The third-order valence-corrected chi connectivity index (χ3v) is 4.61. The van der Waals surface area contributed by atoms with Gasteiger partial charge in [-0.1, -0.05) is 17.7 Å². The maximum absolute atomic E-state index is 4.72.